The molecule has 0 N–H and O–H groups in total. The van der Waals surface area contributed by atoms with E-state index in [1.165, 1.54) is 12.4 Å². The lowest BCUT2D eigenvalue weighted by Crippen LogP contribution is -2.11. The third-order valence-corrected chi connectivity index (χ3v) is 3.40. The van der Waals surface area contributed by atoms with E-state index in [2.05, 4.69) is 16.0 Å². The summed E-state index contributed by atoms with van der Waals surface area (Å²) in [6.45, 7) is 1.80. The Morgan fingerprint density at radius 1 is 0.958 bits per heavy atom. The van der Waals surface area contributed by atoms with E-state index in [9.17, 15) is 4.79 Å². The molecule has 0 amide bonds. The molecule has 0 radical (unpaired) electrons. The molecule has 1 aromatic heterocycles. The molecule has 0 saturated heterocycles. The zero-order valence-electron chi connectivity index (χ0n) is 12.9. The minimum atomic E-state index is -0.548. The Morgan fingerprint density at radius 2 is 1.58 bits per heavy atom. The third kappa shape index (κ3) is 3.45. The number of aryl methyl sites for hydroxylation is 1. The summed E-state index contributed by atoms with van der Waals surface area (Å²) in [6.07, 6.45) is 2.91. The molecule has 0 atom stereocenters. The summed E-state index contributed by atoms with van der Waals surface area (Å²) in [5.41, 5.74) is 3.46. The minimum absolute atomic E-state index is 0.164. The molecule has 0 aliphatic rings. The van der Waals surface area contributed by atoms with E-state index in [0.29, 0.717) is 11.3 Å². The number of ether oxygens (including phenoxy) is 1. The molecular formula is C19H13N3O2. The average Bonchev–Trinajstić information content (AvgIpc) is 2.63. The Morgan fingerprint density at radius 3 is 2.12 bits per heavy atom. The van der Waals surface area contributed by atoms with Crippen LogP contribution in [0.4, 0.5) is 0 Å². The molecule has 5 nitrogen and oxygen atoms in total. The van der Waals surface area contributed by atoms with Gasteiger partial charge in [0.15, 0.2) is 5.69 Å². The number of esters is 1. The van der Waals surface area contributed by atoms with Crippen LogP contribution in [0.5, 0.6) is 5.75 Å². The van der Waals surface area contributed by atoms with E-state index >= 15 is 0 Å². The smallest absolute Gasteiger partial charge is 0.363 e. The van der Waals surface area contributed by atoms with Gasteiger partial charge in [0.05, 0.1) is 23.5 Å². The lowest BCUT2D eigenvalue weighted by molar-refractivity contribution is 0.0728. The first-order valence-corrected chi connectivity index (χ1v) is 7.27. The van der Waals surface area contributed by atoms with Crippen LogP contribution in [0.3, 0.4) is 0 Å². The molecule has 0 aliphatic heterocycles. The van der Waals surface area contributed by atoms with E-state index in [0.717, 1.165) is 16.8 Å². The van der Waals surface area contributed by atoms with Crippen molar-refractivity contribution in [3.8, 4) is 22.9 Å². The molecule has 1 heterocycles. The topological polar surface area (TPSA) is 75.9 Å². The highest BCUT2D eigenvalue weighted by molar-refractivity contribution is 5.88. The van der Waals surface area contributed by atoms with Crippen molar-refractivity contribution in [3.05, 3.63) is 77.9 Å². The van der Waals surface area contributed by atoms with Gasteiger partial charge in [-0.3, -0.25) is 4.98 Å². The van der Waals surface area contributed by atoms with Crippen LogP contribution in [0, 0.1) is 18.3 Å². The number of rotatable bonds is 3. The summed E-state index contributed by atoms with van der Waals surface area (Å²) in [5, 5.41) is 8.82. The number of nitriles is 1. The van der Waals surface area contributed by atoms with Gasteiger partial charge in [-0.25, -0.2) is 9.78 Å². The number of nitrogens with zero attached hydrogens (tertiary/aromatic N) is 3. The monoisotopic (exact) mass is 315 g/mol. The van der Waals surface area contributed by atoms with Gasteiger partial charge in [0.25, 0.3) is 0 Å². The van der Waals surface area contributed by atoms with Gasteiger partial charge in [-0.1, -0.05) is 24.3 Å². The first kappa shape index (κ1) is 15.4. The normalized spacial score (nSPS) is 10.0. The quantitative estimate of drug-likeness (QED) is 0.546. The highest BCUT2D eigenvalue weighted by Crippen LogP contribution is 2.23. The van der Waals surface area contributed by atoms with Crippen LogP contribution < -0.4 is 4.74 Å². The zero-order valence-corrected chi connectivity index (χ0v) is 12.9. The van der Waals surface area contributed by atoms with Crippen molar-refractivity contribution in [2.24, 2.45) is 0 Å². The maximum absolute atomic E-state index is 12.0. The molecule has 2 aromatic carbocycles. The molecule has 5 heteroatoms. The molecule has 0 aliphatic carbocycles. The Bertz CT molecular complexity index is 893. The van der Waals surface area contributed by atoms with Crippen molar-refractivity contribution < 1.29 is 9.53 Å². The van der Waals surface area contributed by atoms with Gasteiger partial charge in [-0.15, -0.1) is 0 Å². The number of carbonyl (C=O) groups excluding carboxylic acids is 1. The Hall–Kier alpha value is -3.52. The van der Waals surface area contributed by atoms with Crippen molar-refractivity contribution in [2.75, 3.05) is 0 Å². The minimum Gasteiger partial charge on any atom is -0.422 e. The number of carbonyl (C=O) groups is 1. The molecule has 3 aromatic rings. The van der Waals surface area contributed by atoms with Gasteiger partial charge >= 0.3 is 5.97 Å². The highest BCUT2D eigenvalue weighted by atomic mass is 16.5. The molecule has 0 bridgehead atoms. The first-order chi connectivity index (χ1) is 11.7. The first-order valence-electron chi connectivity index (χ1n) is 7.27. The van der Waals surface area contributed by atoms with E-state index in [-0.39, 0.29) is 5.69 Å². The van der Waals surface area contributed by atoms with Crippen LogP contribution in [0.1, 0.15) is 21.7 Å². The van der Waals surface area contributed by atoms with Crippen LogP contribution in [0.15, 0.2) is 60.9 Å². The molecule has 0 fully saturated rings. The predicted molar refractivity (Wildman–Crippen MR) is 88.3 cm³/mol. The van der Waals surface area contributed by atoms with Crippen LogP contribution in [0.2, 0.25) is 0 Å². The second-order valence-corrected chi connectivity index (χ2v) is 5.15. The number of hydrogen-bond donors (Lipinski definition) is 0. The van der Waals surface area contributed by atoms with Crippen molar-refractivity contribution in [3.63, 3.8) is 0 Å². The maximum Gasteiger partial charge on any atom is 0.363 e. The van der Waals surface area contributed by atoms with Crippen LogP contribution in [-0.2, 0) is 0 Å². The van der Waals surface area contributed by atoms with Crippen LogP contribution >= 0.6 is 0 Å². The number of hydrogen-bond acceptors (Lipinski definition) is 5. The second-order valence-electron chi connectivity index (χ2n) is 5.15. The van der Waals surface area contributed by atoms with Crippen molar-refractivity contribution in [1.29, 1.82) is 5.26 Å². The van der Waals surface area contributed by atoms with Crippen molar-refractivity contribution in [2.45, 2.75) is 6.92 Å². The molecule has 24 heavy (non-hydrogen) atoms. The van der Waals surface area contributed by atoms with Crippen molar-refractivity contribution in [1.82, 2.24) is 9.97 Å². The van der Waals surface area contributed by atoms with E-state index in [1.807, 2.05) is 24.3 Å². The Kier molecular flexibility index (Phi) is 4.30. The van der Waals surface area contributed by atoms with Gasteiger partial charge < -0.3 is 4.74 Å². The number of aromatic nitrogens is 2. The summed E-state index contributed by atoms with van der Waals surface area (Å²) in [4.78, 5) is 20.0. The Labute approximate surface area is 139 Å². The summed E-state index contributed by atoms with van der Waals surface area (Å²) in [6, 6.07) is 16.5. The van der Waals surface area contributed by atoms with E-state index in [1.54, 1.807) is 31.2 Å². The lowest BCUT2D eigenvalue weighted by Gasteiger charge is -2.06. The third-order valence-electron chi connectivity index (χ3n) is 3.40. The van der Waals surface area contributed by atoms with Gasteiger partial charge in [0.1, 0.15) is 5.75 Å². The molecule has 0 spiro atoms. The fourth-order valence-electron chi connectivity index (χ4n) is 2.11. The Balaban J connectivity index is 1.73. The second kappa shape index (κ2) is 6.71. The lowest BCUT2D eigenvalue weighted by atomic mass is 10.0. The summed E-state index contributed by atoms with van der Waals surface area (Å²) >= 11 is 0. The number of benzene rings is 2. The standard InChI is InChI=1S/C19H13N3O2/c1-13-11-22-18(12-21-13)19(23)24-17-8-6-16(7-9-17)15-4-2-14(10-20)3-5-15/h2-9,11-12H,1H3. The summed E-state index contributed by atoms with van der Waals surface area (Å²) < 4.78 is 5.28. The summed E-state index contributed by atoms with van der Waals surface area (Å²) in [7, 11) is 0. The molecule has 116 valence electrons. The largest absolute Gasteiger partial charge is 0.422 e. The van der Waals surface area contributed by atoms with E-state index in [4.69, 9.17) is 10.00 Å². The SMILES string of the molecule is Cc1cnc(C(=O)Oc2ccc(-c3ccc(C#N)cc3)cc2)cn1. The average molecular weight is 315 g/mol. The van der Waals surface area contributed by atoms with Crippen molar-refractivity contribution >= 4 is 5.97 Å². The fourth-order valence-corrected chi connectivity index (χ4v) is 2.11. The fraction of sp³-hybridized carbons (Fsp3) is 0.0526. The maximum atomic E-state index is 12.0. The van der Waals surface area contributed by atoms with Crippen LogP contribution in [-0.4, -0.2) is 15.9 Å². The zero-order chi connectivity index (χ0) is 16.9. The van der Waals surface area contributed by atoms with Gasteiger partial charge in [0.2, 0.25) is 0 Å². The molecule has 0 unspecified atom stereocenters. The van der Waals surface area contributed by atoms with Gasteiger partial charge in [0, 0.05) is 6.20 Å². The molecule has 3 rings (SSSR count). The molecule has 0 saturated carbocycles. The highest BCUT2D eigenvalue weighted by Gasteiger charge is 2.10. The van der Waals surface area contributed by atoms with Gasteiger partial charge in [-0.05, 0) is 42.3 Å². The van der Waals surface area contributed by atoms with Gasteiger partial charge in [-0.2, -0.15) is 5.26 Å². The van der Waals surface area contributed by atoms with Crippen LogP contribution in [0.25, 0.3) is 11.1 Å². The molecular weight excluding hydrogens is 302 g/mol. The predicted octanol–water partition coefficient (Wildman–Crippen LogP) is 3.54. The van der Waals surface area contributed by atoms with E-state index < -0.39 is 5.97 Å². The summed E-state index contributed by atoms with van der Waals surface area (Å²) in [5.74, 6) is -0.117.